The third-order valence-corrected chi connectivity index (χ3v) is 3.36. The van der Waals surface area contributed by atoms with Crippen LogP contribution in [-0.4, -0.2) is 19.3 Å². The van der Waals surface area contributed by atoms with Crippen molar-refractivity contribution in [2.45, 2.75) is 9.96 Å². The Kier molecular flexibility index (Phi) is 4.95. The van der Waals surface area contributed by atoms with Crippen LogP contribution in [0, 0.1) is 0 Å². The van der Waals surface area contributed by atoms with Gasteiger partial charge in [0.05, 0.1) is 0 Å². The number of aromatic nitrogens is 2. The van der Waals surface area contributed by atoms with E-state index in [0.717, 1.165) is 16.8 Å². The summed E-state index contributed by atoms with van der Waals surface area (Å²) in [5.41, 5.74) is -1.07. The molecule has 0 radical (unpaired) electrons. The number of nitrogens with one attached hydrogen (secondary N) is 2. The summed E-state index contributed by atoms with van der Waals surface area (Å²) in [7, 11) is 0. The first kappa shape index (κ1) is 16.6. The Bertz CT molecular complexity index is 781. The van der Waals surface area contributed by atoms with Gasteiger partial charge in [-0.2, -0.15) is 0 Å². The highest BCUT2D eigenvalue weighted by atomic mass is 35.6. The number of hydrogen-bond acceptors (Lipinski definition) is 3. The van der Waals surface area contributed by atoms with Gasteiger partial charge in [-0.3, -0.25) is 19.1 Å². The molecule has 9 heteroatoms. The van der Waals surface area contributed by atoms with Gasteiger partial charge in [0.25, 0.3) is 11.5 Å². The Labute approximate surface area is 139 Å². The molecular weight excluding hydrogens is 353 g/mol. The molecule has 2 N–H and O–H groups in total. The molecule has 0 spiro atoms. The lowest BCUT2D eigenvalue weighted by Gasteiger charge is -2.27. The Morgan fingerprint density at radius 1 is 1.14 bits per heavy atom. The van der Waals surface area contributed by atoms with Crippen molar-refractivity contribution in [3.63, 3.8) is 0 Å². The highest BCUT2D eigenvalue weighted by molar-refractivity contribution is 6.67. The first-order valence-electron chi connectivity index (χ1n) is 6.03. The van der Waals surface area contributed by atoms with Crippen molar-refractivity contribution >= 4 is 40.7 Å². The van der Waals surface area contributed by atoms with Gasteiger partial charge >= 0.3 is 5.69 Å². The van der Waals surface area contributed by atoms with Crippen LogP contribution in [0.1, 0.15) is 16.5 Å². The number of carbonyl (C=O) groups excluding carboxylic acids is 1. The maximum atomic E-state index is 12.2. The van der Waals surface area contributed by atoms with Crippen LogP contribution in [0.3, 0.4) is 0 Å². The van der Waals surface area contributed by atoms with Gasteiger partial charge < -0.3 is 5.32 Å². The van der Waals surface area contributed by atoms with Gasteiger partial charge in [0, 0.05) is 17.8 Å². The van der Waals surface area contributed by atoms with Crippen molar-refractivity contribution in [3.05, 3.63) is 69.0 Å². The SMILES string of the molecule is O=C(NC(n1ccc(=O)[nH]c1=O)C(Cl)(Cl)Cl)c1ccccc1. The highest BCUT2D eigenvalue weighted by Crippen LogP contribution is 2.36. The molecule has 6 nitrogen and oxygen atoms in total. The Morgan fingerprint density at radius 2 is 1.77 bits per heavy atom. The number of alkyl halides is 3. The van der Waals surface area contributed by atoms with Gasteiger partial charge in [-0.1, -0.05) is 53.0 Å². The van der Waals surface area contributed by atoms with Crippen molar-refractivity contribution < 1.29 is 4.79 Å². The van der Waals surface area contributed by atoms with Crippen molar-refractivity contribution in [2.75, 3.05) is 0 Å². The van der Waals surface area contributed by atoms with Crippen LogP contribution < -0.4 is 16.6 Å². The maximum Gasteiger partial charge on any atom is 0.330 e. The third kappa shape index (κ3) is 3.91. The maximum absolute atomic E-state index is 12.2. The van der Waals surface area contributed by atoms with Gasteiger partial charge in [-0.15, -0.1) is 0 Å². The molecular formula is C13H10Cl3N3O3. The molecule has 0 fully saturated rings. The fourth-order valence-electron chi connectivity index (χ4n) is 1.74. The van der Waals surface area contributed by atoms with E-state index in [2.05, 4.69) is 5.32 Å². The lowest BCUT2D eigenvalue weighted by atomic mass is 10.2. The van der Waals surface area contributed by atoms with Crippen LogP contribution in [0.5, 0.6) is 0 Å². The van der Waals surface area contributed by atoms with Gasteiger partial charge in [-0.25, -0.2) is 4.79 Å². The summed E-state index contributed by atoms with van der Waals surface area (Å²) in [6.07, 6.45) is -0.159. The molecule has 1 amide bonds. The average Bonchev–Trinajstić information content (AvgIpc) is 2.45. The van der Waals surface area contributed by atoms with E-state index in [-0.39, 0.29) is 0 Å². The molecule has 0 aliphatic rings. The van der Waals surface area contributed by atoms with E-state index in [9.17, 15) is 14.4 Å². The smallest absolute Gasteiger partial charge is 0.328 e. The molecule has 0 aliphatic carbocycles. The zero-order chi connectivity index (χ0) is 16.3. The molecule has 0 saturated carbocycles. The Balaban J connectivity index is 2.38. The van der Waals surface area contributed by atoms with Gasteiger partial charge in [-0.05, 0) is 12.1 Å². The van der Waals surface area contributed by atoms with Crippen molar-refractivity contribution in [1.29, 1.82) is 0 Å². The fourth-order valence-corrected chi connectivity index (χ4v) is 2.22. The number of benzene rings is 1. The molecule has 1 heterocycles. The normalized spacial score (nSPS) is 12.7. The quantitative estimate of drug-likeness (QED) is 0.817. The zero-order valence-corrected chi connectivity index (χ0v) is 13.2. The first-order valence-corrected chi connectivity index (χ1v) is 7.16. The van der Waals surface area contributed by atoms with Crippen LogP contribution in [0.25, 0.3) is 0 Å². The first-order chi connectivity index (χ1) is 10.3. The molecule has 1 atom stereocenters. The number of hydrogen-bond donors (Lipinski definition) is 2. The molecule has 0 aliphatic heterocycles. The summed E-state index contributed by atoms with van der Waals surface area (Å²) in [5, 5.41) is 2.46. The van der Waals surface area contributed by atoms with Crippen molar-refractivity contribution in [3.8, 4) is 0 Å². The Hall–Kier alpha value is -1.76. The van der Waals surface area contributed by atoms with E-state index in [1.54, 1.807) is 30.3 Å². The number of amides is 1. The largest absolute Gasteiger partial charge is 0.330 e. The number of H-pyrrole nitrogens is 1. The molecule has 116 valence electrons. The van der Waals surface area contributed by atoms with Crippen LogP contribution in [0.4, 0.5) is 0 Å². The average molecular weight is 363 g/mol. The molecule has 2 aromatic rings. The van der Waals surface area contributed by atoms with E-state index in [0.29, 0.717) is 5.56 Å². The lowest BCUT2D eigenvalue weighted by Crippen LogP contribution is -2.46. The molecule has 0 bridgehead atoms. The monoisotopic (exact) mass is 361 g/mol. The number of carbonyl (C=O) groups is 1. The number of nitrogens with zero attached hydrogens (tertiary/aromatic N) is 1. The van der Waals surface area contributed by atoms with Crippen molar-refractivity contribution in [2.24, 2.45) is 0 Å². The molecule has 2 rings (SSSR count). The van der Waals surface area contributed by atoms with Crippen LogP contribution in [-0.2, 0) is 0 Å². The third-order valence-electron chi connectivity index (χ3n) is 2.74. The minimum Gasteiger partial charge on any atom is -0.328 e. The van der Waals surface area contributed by atoms with Gasteiger partial charge in [0.1, 0.15) is 0 Å². The fraction of sp³-hybridized carbons (Fsp3) is 0.154. The second-order valence-corrected chi connectivity index (χ2v) is 6.67. The second-order valence-electron chi connectivity index (χ2n) is 4.30. The van der Waals surface area contributed by atoms with E-state index in [4.69, 9.17) is 34.8 Å². The molecule has 0 saturated heterocycles. The second kappa shape index (κ2) is 6.56. The summed E-state index contributed by atoms with van der Waals surface area (Å²) in [6, 6.07) is 9.31. The molecule has 1 unspecified atom stereocenters. The van der Waals surface area contributed by atoms with Crippen LogP contribution in [0.2, 0.25) is 0 Å². The standard InChI is InChI=1S/C13H10Cl3N3O3/c14-13(15,16)11(19-7-6-9(20)17-12(19)22)18-10(21)8-4-2-1-3-5-8/h1-7,11H,(H,18,21)(H,17,20,22). The predicted molar refractivity (Wildman–Crippen MR) is 84.6 cm³/mol. The van der Waals surface area contributed by atoms with E-state index < -0.39 is 27.1 Å². The number of aromatic amines is 1. The minimum absolute atomic E-state index is 0.333. The summed E-state index contributed by atoms with van der Waals surface area (Å²) in [6.45, 7) is 0. The van der Waals surface area contributed by atoms with Crippen molar-refractivity contribution in [1.82, 2.24) is 14.9 Å². The molecule has 1 aromatic heterocycles. The summed E-state index contributed by atoms with van der Waals surface area (Å²) >= 11 is 17.5. The summed E-state index contributed by atoms with van der Waals surface area (Å²) < 4.78 is -1.08. The van der Waals surface area contributed by atoms with E-state index >= 15 is 0 Å². The summed E-state index contributed by atoms with van der Waals surface area (Å²) in [5.74, 6) is -0.532. The predicted octanol–water partition coefficient (Wildman–Crippen LogP) is 1.84. The van der Waals surface area contributed by atoms with Crippen LogP contribution in [0.15, 0.2) is 52.2 Å². The van der Waals surface area contributed by atoms with E-state index in [1.165, 1.54) is 0 Å². The molecule has 22 heavy (non-hydrogen) atoms. The number of rotatable bonds is 3. The van der Waals surface area contributed by atoms with E-state index in [1.807, 2.05) is 4.98 Å². The van der Waals surface area contributed by atoms with Crippen LogP contribution >= 0.6 is 34.8 Å². The Morgan fingerprint density at radius 3 is 2.32 bits per heavy atom. The molecule has 1 aromatic carbocycles. The number of halogens is 3. The highest BCUT2D eigenvalue weighted by Gasteiger charge is 2.36. The zero-order valence-electron chi connectivity index (χ0n) is 10.9. The van der Waals surface area contributed by atoms with Gasteiger partial charge in [0.15, 0.2) is 6.17 Å². The lowest BCUT2D eigenvalue weighted by molar-refractivity contribution is 0.0919. The topological polar surface area (TPSA) is 84.0 Å². The minimum atomic E-state index is -2.01. The van der Waals surface area contributed by atoms with Gasteiger partial charge in [0.2, 0.25) is 3.79 Å². The summed E-state index contributed by atoms with van der Waals surface area (Å²) in [4.78, 5) is 37.1.